The van der Waals surface area contributed by atoms with E-state index in [-0.39, 0.29) is 5.91 Å². The maximum absolute atomic E-state index is 12.8. The van der Waals surface area contributed by atoms with E-state index in [0.717, 1.165) is 16.7 Å². The summed E-state index contributed by atoms with van der Waals surface area (Å²) in [5.41, 5.74) is 4.39. The Bertz CT molecular complexity index is 1110. The van der Waals surface area contributed by atoms with Crippen molar-refractivity contribution in [2.45, 2.75) is 24.1 Å². The number of carbonyl (C=O) groups is 1. The highest BCUT2D eigenvalue weighted by molar-refractivity contribution is 7.91. The molecule has 7 heteroatoms. The number of benzene rings is 2. The van der Waals surface area contributed by atoms with E-state index in [0.29, 0.717) is 35.0 Å². The molecule has 2 aromatic carbocycles. The molecule has 144 valence electrons. The zero-order valence-corrected chi connectivity index (χ0v) is 17.0. The summed E-state index contributed by atoms with van der Waals surface area (Å²) in [5, 5.41) is 4.67. The summed E-state index contributed by atoms with van der Waals surface area (Å²) < 4.78 is 27.5. The standard InChI is InChI=1S/C21H20N2O3S2/c1-15-4-6-17(7-5-15)21(24)22-19-9-8-16-10-11-23(14-18(16)13-19)28(25,26)20-3-2-12-27-20/h2-9,12-13H,10-11,14H2,1H3,(H,22,24). The molecule has 0 spiro atoms. The number of sulfonamides is 1. The summed E-state index contributed by atoms with van der Waals surface area (Å²) in [7, 11) is -3.48. The highest BCUT2D eigenvalue weighted by atomic mass is 32.2. The van der Waals surface area contributed by atoms with E-state index in [9.17, 15) is 13.2 Å². The van der Waals surface area contributed by atoms with Gasteiger partial charge in [0, 0.05) is 24.3 Å². The second-order valence-electron chi connectivity index (χ2n) is 6.82. The van der Waals surface area contributed by atoms with Crippen LogP contribution in [0.25, 0.3) is 0 Å². The molecule has 28 heavy (non-hydrogen) atoms. The smallest absolute Gasteiger partial charge is 0.255 e. The number of fused-ring (bicyclic) bond motifs is 1. The van der Waals surface area contributed by atoms with Crippen molar-refractivity contribution in [1.82, 2.24) is 4.31 Å². The predicted molar refractivity (Wildman–Crippen MR) is 111 cm³/mol. The maximum atomic E-state index is 12.8. The summed E-state index contributed by atoms with van der Waals surface area (Å²) in [6.45, 7) is 2.74. The molecule has 0 saturated heterocycles. The number of aryl methyl sites for hydroxylation is 1. The molecule has 1 N–H and O–H groups in total. The van der Waals surface area contributed by atoms with Gasteiger partial charge in [-0.25, -0.2) is 8.42 Å². The van der Waals surface area contributed by atoms with Gasteiger partial charge in [0.15, 0.2) is 0 Å². The summed E-state index contributed by atoms with van der Waals surface area (Å²) in [6.07, 6.45) is 0.659. The summed E-state index contributed by atoms with van der Waals surface area (Å²) in [5.74, 6) is -0.182. The highest BCUT2D eigenvalue weighted by Crippen LogP contribution is 2.28. The van der Waals surface area contributed by atoms with Crippen molar-refractivity contribution in [3.05, 3.63) is 82.2 Å². The van der Waals surface area contributed by atoms with Gasteiger partial charge in [-0.15, -0.1) is 11.3 Å². The lowest BCUT2D eigenvalue weighted by molar-refractivity contribution is 0.102. The number of anilines is 1. The van der Waals surface area contributed by atoms with Crippen LogP contribution in [-0.4, -0.2) is 25.2 Å². The van der Waals surface area contributed by atoms with Gasteiger partial charge in [-0.05, 0) is 60.2 Å². The molecule has 0 aliphatic carbocycles. The van der Waals surface area contributed by atoms with E-state index in [1.54, 1.807) is 29.6 Å². The number of hydrogen-bond donors (Lipinski definition) is 1. The van der Waals surface area contributed by atoms with Crippen molar-refractivity contribution in [3.8, 4) is 0 Å². The Morgan fingerprint density at radius 3 is 2.57 bits per heavy atom. The minimum atomic E-state index is -3.48. The SMILES string of the molecule is Cc1ccc(C(=O)Nc2ccc3c(c2)CN(S(=O)(=O)c2cccs2)CC3)cc1. The van der Waals surface area contributed by atoms with E-state index in [2.05, 4.69) is 5.32 Å². The minimum absolute atomic E-state index is 0.182. The molecule has 0 radical (unpaired) electrons. The van der Waals surface area contributed by atoms with Gasteiger partial charge in [-0.3, -0.25) is 4.79 Å². The third-order valence-electron chi connectivity index (χ3n) is 4.84. The largest absolute Gasteiger partial charge is 0.322 e. The van der Waals surface area contributed by atoms with Crippen LogP contribution in [-0.2, 0) is 23.0 Å². The van der Waals surface area contributed by atoms with Crippen LogP contribution in [0, 0.1) is 6.92 Å². The van der Waals surface area contributed by atoms with Crippen molar-refractivity contribution in [1.29, 1.82) is 0 Å². The van der Waals surface area contributed by atoms with Gasteiger partial charge in [0.25, 0.3) is 15.9 Å². The number of nitrogens with zero attached hydrogens (tertiary/aromatic N) is 1. The molecule has 1 amide bonds. The number of carbonyl (C=O) groups excluding carboxylic acids is 1. The van der Waals surface area contributed by atoms with Gasteiger partial charge >= 0.3 is 0 Å². The van der Waals surface area contributed by atoms with Crippen LogP contribution in [0.15, 0.2) is 64.2 Å². The van der Waals surface area contributed by atoms with Crippen LogP contribution >= 0.6 is 11.3 Å². The van der Waals surface area contributed by atoms with Crippen LogP contribution < -0.4 is 5.32 Å². The van der Waals surface area contributed by atoms with E-state index in [1.165, 1.54) is 15.6 Å². The molecule has 0 saturated carbocycles. The Balaban J connectivity index is 1.54. The van der Waals surface area contributed by atoms with E-state index in [4.69, 9.17) is 0 Å². The molecule has 1 aromatic heterocycles. The maximum Gasteiger partial charge on any atom is 0.255 e. The topological polar surface area (TPSA) is 66.5 Å². The third-order valence-corrected chi connectivity index (χ3v) is 8.06. The molecule has 5 nitrogen and oxygen atoms in total. The van der Waals surface area contributed by atoms with Gasteiger partial charge in [0.1, 0.15) is 4.21 Å². The first-order valence-electron chi connectivity index (χ1n) is 8.97. The van der Waals surface area contributed by atoms with Crippen molar-refractivity contribution >= 4 is 33.0 Å². The Morgan fingerprint density at radius 1 is 1.07 bits per heavy atom. The van der Waals surface area contributed by atoms with Crippen molar-refractivity contribution in [2.24, 2.45) is 0 Å². The molecule has 1 aliphatic rings. The monoisotopic (exact) mass is 412 g/mol. The Kier molecular flexibility index (Phi) is 5.05. The van der Waals surface area contributed by atoms with Crippen LogP contribution in [0.4, 0.5) is 5.69 Å². The first-order chi connectivity index (χ1) is 13.4. The zero-order valence-electron chi connectivity index (χ0n) is 15.4. The lowest BCUT2D eigenvalue weighted by Gasteiger charge is -2.28. The molecule has 0 fully saturated rings. The van der Waals surface area contributed by atoms with Crippen LogP contribution in [0.5, 0.6) is 0 Å². The van der Waals surface area contributed by atoms with Crippen LogP contribution in [0.2, 0.25) is 0 Å². The lowest BCUT2D eigenvalue weighted by Crippen LogP contribution is -2.35. The average molecular weight is 413 g/mol. The number of nitrogens with one attached hydrogen (secondary N) is 1. The van der Waals surface area contributed by atoms with E-state index in [1.807, 2.05) is 37.3 Å². The second kappa shape index (κ2) is 7.50. The van der Waals surface area contributed by atoms with Crippen molar-refractivity contribution < 1.29 is 13.2 Å². The first-order valence-corrected chi connectivity index (χ1v) is 11.3. The van der Waals surface area contributed by atoms with Crippen molar-refractivity contribution in [2.75, 3.05) is 11.9 Å². The van der Waals surface area contributed by atoms with E-state index >= 15 is 0 Å². The predicted octanol–water partition coefficient (Wildman–Crippen LogP) is 4.06. The Hall–Kier alpha value is -2.48. The zero-order chi connectivity index (χ0) is 19.7. The quantitative estimate of drug-likeness (QED) is 0.703. The van der Waals surface area contributed by atoms with Gasteiger partial charge in [-0.2, -0.15) is 4.31 Å². The molecule has 3 aromatic rings. The van der Waals surface area contributed by atoms with Crippen LogP contribution in [0.1, 0.15) is 27.0 Å². The van der Waals surface area contributed by atoms with Gasteiger partial charge in [-0.1, -0.05) is 29.8 Å². The van der Waals surface area contributed by atoms with Gasteiger partial charge in [0.05, 0.1) is 0 Å². The Morgan fingerprint density at radius 2 is 1.86 bits per heavy atom. The van der Waals surface area contributed by atoms with Crippen molar-refractivity contribution in [3.63, 3.8) is 0 Å². The summed E-state index contributed by atoms with van der Waals surface area (Å²) in [6, 6.07) is 16.5. The summed E-state index contributed by atoms with van der Waals surface area (Å²) >= 11 is 1.23. The third kappa shape index (κ3) is 3.73. The Labute approximate surface area is 168 Å². The fraction of sp³-hybridized carbons (Fsp3) is 0.190. The molecular formula is C21H20N2O3S2. The molecule has 0 atom stereocenters. The average Bonchev–Trinajstić information content (AvgIpc) is 3.23. The lowest BCUT2D eigenvalue weighted by atomic mass is 10.0. The normalized spacial score (nSPS) is 14.5. The molecule has 2 heterocycles. The highest BCUT2D eigenvalue weighted by Gasteiger charge is 2.29. The van der Waals surface area contributed by atoms with Gasteiger partial charge in [0.2, 0.25) is 0 Å². The molecule has 4 rings (SSSR count). The molecular weight excluding hydrogens is 392 g/mol. The second-order valence-corrected chi connectivity index (χ2v) is 9.94. The number of thiophene rings is 1. The molecule has 0 bridgehead atoms. The minimum Gasteiger partial charge on any atom is -0.322 e. The number of amides is 1. The summed E-state index contributed by atoms with van der Waals surface area (Å²) in [4.78, 5) is 12.5. The van der Waals surface area contributed by atoms with Gasteiger partial charge < -0.3 is 5.32 Å². The number of rotatable bonds is 4. The van der Waals surface area contributed by atoms with Crippen LogP contribution in [0.3, 0.4) is 0 Å². The first kappa shape index (κ1) is 18.9. The molecule has 0 unspecified atom stereocenters. The fourth-order valence-corrected chi connectivity index (χ4v) is 5.82. The fourth-order valence-electron chi connectivity index (χ4n) is 3.26. The van der Waals surface area contributed by atoms with E-state index < -0.39 is 10.0 Å². The number of hydrogen-bond acceptors (Lipinski definition) is 4. The molecule has 1 aliphatic heterocycles.